The van der Waals surface area contributed by atoms with E-state index in [1.165, 1.54) is 0 Å². The molecule has 0 bridgehead atoms. The molecule has 27 heavy (non-hydrogen) atoms. The van der Waals surface area contributed by atoms with Gasteiger partial charge in [0.05, 0.1) is 13.1 Å². The molecule has 0 radical (unpaired) electrons. The molecule has 0 saturated carbocycles. The number of likely N-dealkylation sites (tertiary alicyclic amines) is 1. The molecule has 2 heterocycles. The Morgan fingerprint density at radius 2 is 1.70 bits per heavy atom. The number of imide groups is 2. The minimum absolute atomic E-state index is 0.00197. The third-order valence-electron chi connectivity index (χ3n) is 5.07. The second-order valence-electron chi connectivity index (χ2n) is 7.01. The summed E-state index contributed by atoms with van der Waals surface area (Å²) in [6.45, 7) is 3.63. The van der Waals surface area contributed by atoms with E-state index in [2.05, 4.69) is 5.32 Å². The van der Waals surface area contributed by atoms with Crippen molar-refractivity contribution in [3.8, 4) is 0 Å². The summed E-state index contributed by atoms with van der Waals surface area (Å²) in [6, 6.07) is 8.81. The number of nitrogens with one attached hydrogen (secondary N) is 2. The van der Waals surface area contributed by atoms with Gasteiger partial charge in [-0.3, -0.25) is 19.3 Å². The van der Waals surface area contributed by atoms with Gasteiger partial charge in [-0.05, 0) is 18.6 Å². The van der Waals surface area contributed by atoms with Crippen molar-refractivity contribution in [3.05, 3.63) is 30.3 Å². The van der Waals surface area contributed by atoms with E-state index in [0.717, 1.165) is 20.4 Å². The molecule has 144 valence electrons. The highest BCUT2D eigenvalue weighted by Gasteiger charge is 2.46. The highest BCUT2D eigenvalue weighted by Crippen LogP contribution is 2.15. The minimum atomic E-state index is -0.745. The molecule has 0 atom stereocenters. The molecule has 0 aromatic heterocycles. The number of nitrogens with zero attached hydrogens (tertiary/aromatic N) is 2. The molecule has 1 aromatic rings. The van der Waals surface area contributed by atoms with E-state index < -0.39 is 17.8 Å². The Kier molecular flexibility index (Phi) is 5.85. The molecule has 3 rings (SSSR count). The molecule has 0 aliphatic carbocycles. The lowest BCUT2D eigenvalue weighted by Gasteiger charge is -2.30. The van der Waals surface area contributed by atoms with Crippen LogP contribution in [0.25, 0.3) is 0 Å². The van der Waals surface area contributed by atoms with Crippen molar-refractivity contribution >= 4 is 29.4 Å². The minimum Gasteiger partial charge on any atom is -0.326 e. The standard InChI is InChI=1S/C19H24N4O4/c1-2-10-22-17(25)18(26)23(19(22)27)13-21-11-8-14(9-12-21)16(24)20-15-6-4-3-5-7-15/h3-7,14H,2,8-13H2,1H3,(H,20,24)/p+1. The second kappa shape index (κ2) is 8.30. The molecule has 2 N–H and O–H groups in total. The van der Waals surface area contributed by atoms with Crippen LogP contribution in [0.15, 0.2) is 30.3 Å². The van der Waals surface area contributed by atoms with Crippen molar-refractivity contribution in [1.82, 2.24) is 9.80 Å². The zero-order chi connectivity index (χ0) is 19.4. The Bertz CT molecular complexity index is 728. The Morgan fingerprint density at radius 1 is 1.07 bits per heavy atom. The lowest BCUT2D eigenvalue weighted by molar-refractivity contribution is -0.912. The van der Waals surface area contributed by atoms with Crippen LogP contribution in [0.4, 0.5) is 10.5 Å². The SMILES string of the molecule is CCCN1C(=O)C(=O)N(C[NH+]2CCC(C(=O)Nc3ccccc3)CC2)C1=O. The van der Waals surface area contributed by atoms with Gasteiger partial charge in [-0.15, -0.1) is 0 Å². The van der Waals surface area contributed by atoms with E-state index in [-0.39, 0.29) is 25.0 Å². The second-order valence-corrected chi connectivity index (χ2v) is 7.01. The smallest absolute Gasteiger partial charge is 0.326 e. The molecule has 8 heteroatoms. The van der Waals surface area contributed by atoms with Crippen molar-refractivity contribution in [1.29, 1.82) is 0 Å². The number of quaternary nitrogens is 1. The average Bonchev–Trinajstić information content (AvgIpc) is 2.88. The first-order chi connectivity index (χ1) is 13.0. The molecule has 5 amide bonds. The highest BCUT2D eigenvalue weighted by molar-refractivity contribution is 6.44. The fraction of sp³-hybridized carbons (Fsp3) is 0.474. The van der Waals surface area contributed by atoms with Crippen molar-refractivity contribution in [2.75, 3.05) is 31.6 Å². The van der Waals surface area contributed by atoms with E-state index in [9.17, 15) is 19.2 Å². The highest BCUT2D eigenvalue weighted by atomic mass is 16.2. The number of carbonyl (C=O) groups excluding carboxylic acids is 4. The van der Waals surface area contributed by atoms with E-state index in [0.29, 0.717) is 32.4 Å². The molecule has 8 nitrogen and oxygen atoms in total. The molecule has 2 fully saturated rings. The van der Waals surface area contributed by atoms with Gasteiger partial charge in [0.2, 0.25) is 5.91 Å². The van der Waals surface area contributed by atoms with Gasteiger partial charge in [0.1, 0.15) is 0 Å². The average molecular weight is 373 g/mol. The van der Waals surface area contributed by atoms with Crippen molar-refractivity contribution in [2.45, 2.75) is 26.2 Å². The van der Waals surface area contributed by atoms with E-state index in [1.54, 1.807) is 0 Å². The van der Waals surface area contributed by atoms with Crippen molar-refractivity contribution in [3.63, 3.8) is 0 Å². The van der Waals surface area contributed by atoms with E-state index >= 15 is 0 Å². The summed E-state index contributed by atoms with van der Waals surface area (Å²) in [7, 11) is 0. The fourth-order valence-corrected chi connectivity index (χ4v) is 3.55. The Morgan fingerprint density at radius 3 is 2.33 bits per heavy atom. The van der Waals surface area contributed by atoms with Crippen LogP contribution < -0.4 is 10.2 Å². The predicted octanol–water partition coefficient (Wildman–Crippen LogP) is 0.0783. The van der Waals surface area contributed by atoms with Gasteiger partial charge in [0.15, 0.2) is 6.67 Å². The molecule has 0 unspecified atom stereocenters. The topological polar surface area (TPSA) is 91.2 Å². The Balaban J connectivity index is 1.51. The Labute approximate surface area is 158 Å². The van der Waals surface area contributed by atoms with Crippen LogP contribution in [0.3, 0.4) is 0 Å². The summed E-state index contributed by atoms with van der Waals surface area (Å²) in [6.07, 6.45) is 1.97. The summed E-state index contributed by atoms with van der Waals surface area (Å²) in [5.74, 6) is -1.57. The van der Waals surface area contributed by atoms with Crippen LogP contribution in [-0.4, -0.2) is 59.9 Å². The molecule has 2 saturated heterocycles. The van der Waals surface area contributed by atoms with Crippen molar-refractivity contribution < 1.29 is 24.1 Å². The maximum absolute atomic E-state index is 12.4. The van der Waals surface area contributed by atoms with Crippen LogP contribution in [0.5, 0.6) is 0 Å². The number of benzene rings is 1. The van der Waals surface area contributed by atoms with Crippen LogP contribution in [0, 0.1) is 5.92 Å². The first kappa shape index (κ1) is 19.0. The van der Waals surface area contributed by atoms with E-state index in [1.807, 2.05) is 37.3 Å². The normalized spacial score (nSPS) is 23.1. The number of rotatable bonds is 6. The van der Waals surface area contributed by atoms with Gasteiger partial charge in [0, 0.05) is 31.0 Å². The number of anilines is 1. The van der Waals surface area contributed by atoms with Crippen LogP contribution in [0.1, 0.15) is 26.2 Å². The monoisotopic (exact) mass is 373 g/mol. The number of hydrogen-bond acceptors (Lipinski definition) is 4. The van der Waals surface area contributed by atoms with Crippen LogP contribution in [0.2, 0.25) is 0 Å². The third-order valence-corrected chi connectivity index (χ3v) is 5.07. The van der Waals surface area contributed by atoms with Gasteiger partial charge >= 0.3 is 17.8 Å². The number of carbonyl (C=O) groups is 4. The number of piperidine rings is 1. The molecule has 0 spiro atoms. The molecule has 1 aromatic carbocycles. The number of hydrogen-bond donors (Lipinski definition) is 2. The molecule has 2 aliphatic heterocycles. The number of para-hydroxylation sites is 1. The molecule has 2 aliphatic rings. The van der Waals surface area contributed by atoms with Gasteiger partial charge < -0.3 is 10.2 Å². The zero-order valence-corrected chi connectivity index (χ0v) is 15.4. The van der Waals surface area contributed by atoms with Gasteiger partial charge in [-0.25, -0.2) is 9.69 Å². The summed E-state index contributed by atoms with van der Waals surface area (Å²) in [4.78, 5) is 51.8. The van der Waals surface area contributed by atoms with Crippen molar-refractivity contribution in [2.24, 2.45) is 5.92 Å². The maximum atomic E-state index is 12.4. The van der Waals surface area contributed by atoms with Crippen LogP contribution in [-0.2, 0) is 14.4 Å². The zero-order valence-electron chi connectivity index (χ0n) is 15.4. The molecular formula is C19H25N4O4+. The maximum Gasteiger partial charge on any atom is 0.338 e. The summed E-state index contributed by atoms with van der Waals surface area (Å²) >= 11 is 0. The largest absolute Gasteiger partial charge is 0.338 e. The lowest BCUT2D eigenvalue weighted by atomic mass is 9.96. The summed E-state index contributed by atoms with van der Waals surface area (Å²) < 4.78 is 0. The summed E-state index contributed by atoms with van der Waals surface area (Å²) in [5.41, 5.74) is 0.778. The summed E-state index contributed by atoms with van der Waals surface area (Å²) in [5, 5.41) is 2.92. The fourth-order valence-electron chi connectivity index (χ4n) is 3.55. The third kappa shape index (κ3) is 4.16. The first-order valence-electron chi connectivity index (χ1n) is 9.38. The van der Waals surface area contributed by atoms with E-state index in [4.69, 9.17) is 0 Å². The Hall–Kier alpha value is -2.74. The molecular weight excluding hydrogens is 348 g/mol. The number of urea groups is 1. The lowest BCUT2D eigenvalue weighted by Crippen LogP contribution is -3.14. The van der Waals surface area contributed by atoms with Gasteiger partial charge in [-0.2, -0.15) is 0 Å². The number of amides is 5. The van der Waals surface area contributed by atoms with Crippen LogP contribution >= 0.6 is 0 Å². The van der Waals surface area contributed by atoms with Gasteiger partial charge in [-0.1, -0.05) is 25.1 Å². The van der Waals surface area contributed by atoms with Gasteiger partial charge in [0.25, 0.3) is 0 Å². The predicted molar refractivity (Wildman–Crippen MR) is 97.6 cm³/mol. The quantitative estimate of drug-likeness (QED) is 0.546. The first-order valence-corrected chi connectivity index (χ1v) is 9.38.